The van der Waals surface area contributed by atoms with Crippen molar-refractivity contribution in [2.45, 2.75) is 77.6 Å². The van der Waals surface area contributed by atoms with E-state index in [1.807, 2.05) is 0 Å². The van der Waals surface area contributed by atoms with Gasteiger partial charge in [0.15, 0.2) is 0 Å². The summed E-state index contributed by atoms with van der Waals surface area (Å²) in [5.41, 5.74) is -0.961. The van der Waals surface area contributed by atoms with Gasteiger partial charge in [0, 0.05) is 18.0 Å². The summed E-state index contributed by atoms with van der Waals surface area (Å²) in [6.45, 7) is 1.84. The topological polar surface area (TPSA) is 52.6 Å². The number of carbonyl (C=O) groups excluding carboxylic acids is 2. The number of unbranched alkanes of at least 4 members (excludes halogenated alkanes) is 9. The number of carbonyl (C=O) groups is 2. The molecule has 20 heavy (non-hydrogen) atoms. The fourth-order valence-corrected chi connectivity index (χ4v) is 2.02. The van der Waals surface area contributed by atoms with Gasteiger partial charge in [0.25, 0.3) is 0 Å². The zero-order chi connectivity index (χ0) is 15.1. The Morgan fingerprint density at radius 3 is 1.80 bits per heavy atom. The molecule has 0 unspecified atom stereocenters. The van der Waals surface area contributed by atoms with Gasteiger partial charge in [-0.15, -0.1) is 0 Å². The summed E-state index contributed by atoms with van der Waals surface area (Å²) < 4.78 is 8.96. The van der Waals surface area contributed by atoms with Crippen LogP contribution in [0.15, 0.2) is 0 Å². The molecule has 0 aliphatic rings. The molecule has 118 valence electrons. The van der Waals surface area contributed by atoms with Crippen LogP contribution >= 0.6 is 11.6 Å². The van der Waals surface area contributed by atoms with Crippen molar-refractivity contribution in [2.75, 3.05) is 6.79 Å². The molecule has 0 aliphatic carbocycles. The van der Waals surface area contributed by atoms with Crippen LogP contribution in [0.2, 0.25) is 0 Å². The van der Waals surface area contributed by atoms with E-state index in [0.29, 0.717) is 6.42 Å². The van der Waals surface area contributed by atoms with Crippen LogP contribution in [0, 0.1) is 0 Å². The van der Waals surface area contributed by atoms with Crippen molar-refractivity contribution in [3.63, 3.8) is 0 Å². The summed E-state index contributed by atoms with van der Waals surface area (Å²) in [5, 5.41) is 0. The van der Waals surface area contributed by atoms with Crippen LogP contribution in [0.3, 0.4) is 0 Å². The molecule has 0 aliphatic heterocycles. The lowest BCUT2D eigenvalue weighted by atomic mass is 10.1. The van der Waals surface area contributed by atoms with Crippen LogP contribution in [0.4, 0.5) is 4.79 Å². The minimum atomic E-state index is -0.961. The summed E-state index contributed by atoms with van der Waals surface area (Å²) in [6.07, 6.45) is 12.6. The van der Waals surface area contributed by atoms with Crippen LogP contribution in [0.5, 0.6) is 0 Å². The molecule has 5 heteroatoms. The highest BCUT2D eigenvalue weighted by atomic mass is 35.5. The normalized spacial score (nSPS) is 10.3. The lowest BCUT2D eigenvalue weighted by Crippen LogP contribution is -2.09. The van der Waals surface area contributed by atoms with E-state index in [1.54, 1.807) is 0 Å². The van der Waals surface area contributed by atoms with E-state index >= 15 is 0 Å². The molecule has 0 rings (SSSR count). The summed E-state index contributed by atoms with van der Waals surface area (Å²) in [5.74, 6) is -0.345. The zero-order valence-corrected chi connectivity index (χ0v) is 13.3. The molecule has 0 heterocycles. The first-order valence-corrected chi connectivity index (χ1v) is 8.02. The molecule has 0 spiro atoms. The van der Waals surface area contributed by atoms with Gasteiger partial charge in [-0.25, -0.2) is 4.79 Å². The van der Waals surface area contributed by atoms with Gasteiger partial charge in [0.2, 0.25) is 6.79 Å². The van der Waals surface area contributed by atoms with E-state index in [-0.39, 0.29) is 12.8 Å². The summed E-state index contributed by atoms with van der Waals surface area (Å²) in [7, 11) is 0. The van der Waals surface area contributed by atoms with Gasteiger partial charge in [-0.1, -0.05) is 64.7 Å². The van der Waals surface area contributed by atoms with Crippen LogP contribution in [-0.2, 0) is 14.3 Å². The van der Waals surface area contributed by atoms with Gasteiger partial charge >= 0.3 is 11.4 Å². The van der Waals surface area contributed by atoms with Crippen LogP contribution in [0.1, 0.15) is 77.6 Å². The molecule has 0 fully saturated rings. The van der Waals surface area contributed by atoms with Gasteiger partial charge in [-0.3, -0.25) is 4.79 Å². The van der Waals surface area contributed by atoms with Crippen LogP contribution in [-0.4, -0.2) is 18.2 Å². The second-order valence-corrected chi connectivity index (χ2v) is 5.26. The third-order valence-electron chi connectivity index (χ3n) is 3.13. The molecule has 0 atom stereocenters. The number of esters is 1. The number of hydrogen-bond donors (Lipinski definition) is 0. The van der Waals surface area contributed by atoms with E-state index in [1.165, 1.54) is 44.9 Å². The molecule has 0 saturated heterocycles. The minimum Gasteiger partial charge on any atom is -0.428 e. The molecule has 0 saturated carbocycles. The monoisotopic (exact) mass is 306 g/mol. The first-order valence-electron chi connectivity index (χ1n) is 7.64. The number of ether oxygens (including phenoxy) is 2. The quantitative estimate of drug-likeness (QED) is 0.204. The molecule has 0 bridgehead atoms. The van der Waals surface area contributed by atoms with Gasteiger partial charge in [0.1, 0.15) is 0 Å². The molecular formula is C15H27ClO4. The predicted octanol–water partition coefficient (Wildman–Crippen LogP) is 5.17. The summed E-state index contributed by atoms with van der Waals surface area (Å²) in [6, 6.07) is 0. The fraction of sp³-hybridized carbons (Fsp3) is 0.867. The Morgan fingerprint density at radius 1 is 0.800 bits per heavy atom. The average Bonchev–Trinajstić information content (AvgIpc) is 2.40. The Morgan fingerprint density at radius 2 is 1.30 bits per heavy atom. The lowest BCUT2D eigenvalue weighted by Gasteiger charge is -2.04. The third kappa shape index (κ3) is 15.3. The standard InChI is InChI=1S/C15H27ClO4/c1-2-3-4-5-6-7-8-9-10-11-12-14(17)19-13-20-15(16)18/h2-13H2,1H3. The van der Waals surface area contributed by atoms with Crippen molar-refractivity contribution in [1.29, 1.82) is 0 Å². The smallest absolute Gasteiger partial charge is 0.406 e. The van der Waals surface area contributed by atoms with Crippen molar-refractivity contribution in [3.05, 3.63) is 0 Å². The maximum Gasteiger partial charge on any atom is 0.406 e. The summed E-state index contributed by atoms with van der Waals surface area (Å²) in [4.78, 5) is 21.4. The first-order chi connectivity index (χ1) is 9.66. The molecular weight excluding hydrogens is 280 g/mol. The second kappa shape index (κ2) is 14.6. The molecule has 0 N–H and O–H groups in total. The van der Waals surface area contributed by atoms with E-state index in [2.05, 4.69) is 16.4 Å². The van der Waals surface area contributed by atoms with Gasteiger partial charge in [-0.2, -0.15) is 0 Å². The van der Waals surface area contributed by atoms with Crippen molar-refractivity contribution < 1.29 is 19.1 Å². The van der Waals surface area contributed by atoms with Crippen LogP contribution in [0.25, 0.3) is 0 Å². The predicted molar refractivity (Wildman–Crippen MR) is 79.8 cm³/mol. The van der Waals surface area contributed by atoms with Crippen molar-refractivity contribution in [1.82, 2.24) is 0 Å². The second-order valence-electron chi connectivity index (χ2n) is 4.95. The largest absolute Gasteiger partial charge is 0.428 e. The number of rotatable bonds is 13. The Kier molecular flexibility index (Phi) is 14.1. The maximum absolute atomic E-state index is 11.2. The van der Waals surface area contributed by atoms with E-state index in [4.69, 9.17) is 11.6 Å². The summed E-state index contributed by atoms with van der Waals surface area (Å²) >= 11 is 4.92. The van der Waals surface area contributed by atoms with Crippen molar-refractivity contribution >= 4 is 23.0 Å². The number of hydrogen-bond acceptors (Lipinski definition) is 4. The zero-order valence-electron chi connectivity index (χ0n) is 12.5. The molecule has 0 aromatic heterocycles. The highest BCUT2D eigenvalue weighted by Gasteiger charge is 2.03. The lowest BCUT2D eigenvalue weighted by molar-refractivity contribution is -0.151. The minimum absolute atomic E-state index is 0.345. The highest BCUT2D eigenvalue weighted by molar-refractivity contribution is 6.61. The highest BCUT2D eigenvalue weighted by Crippen LogP contribution is 2.11. The van der Waals surface area contributed by atoms with E-state index in [9.17, 15) is 9.59 Å². The molecule has 4 nitrogen and oxygen atoms in total. The third-order valence-corrected chi connectivity index (χ3v) is 3.24. The van der Waals surface area contributed by atoms with Crippen LogP contribution < -0.4 is 0 Å². The van der Waals surface area contributed by atoms with E-state index in [0.717, 1.165) is 19.3 Å². The van der Waals surface area contributed by atoms with Gasteiger partial charge < -0.3 is 9.47 Å². The Hall–Kier alpha value is -0.770. The SMILES string of the molecule is CCCCCCCCCCCCC(=O)OCOC(=O)Cl. The van der Waals surface area contributed by atoms with Gasteiger partial charge in [-0.05, 0) is 6.42 Å². The van der Waals surface area contributed by atoms with Crippen molar-refractivity contribution in [2.24, 2.45) is 0 Å². The fourth-order valence-electron chi connectivity index (χ4n) is 1.97. The van der Waals surface area contributed by atoms with E-state index < -0.39 is 5.43 Å². The van der Waals surface area contributed by atoms with Crippen molar-refractivity contribution in [3.8, 4) is 0 Å². The Bertz CT molecular complexity index is 256. The molecule has 0 radical (unpaired) electrons. The molecule has 0 aromatic rings. The Balaban J connectivity index is 3.15. The number of halogens is 1. The van der Waals surface area contributed by atoms with Gasteiger partial charge in [0.05, 0.1) is 0 Å². The Labute approximate surface area is 127 Å². The first kappa shape index (κ1) is 19.2. The molecule has 0 aromatic carbocycles. The average molecular weight is 307 g/mol. The maximum atomic E-state index is 11.2. The molecule has 0 amide bonds.